The van der Waals surface area contributed by atoms with Crippen LogP contribution in [0.5, 0.6) is 23.5 Å². The zero-order valence-corrected chi connectivity index (χ0v) is 71.1. The molecule has 0 fully saturated rings. The summed E-state index contributed by atoms with van der Waals surface area (Å²) in [5, 5.41) is 27.7. The van der Waals surface area contributed by atoms with Gasteiger partial charge in [0.15, 0.2) is 19.6 Å². The lowest BCUT2D eigenvalue weighted by molar-refractivity contribution is -0.0654. The second kappa shape index (κ2) is 33.5. The molecule has 8 amide bonds. The second-order valence-corrected chi connectivity index (χ2v) is 39.2. The largest absolute Gasteiger partial charge is 0.474 e. The highest BCUT2D eigenvalue weighted by Gasteiger charge is 2.41. The number of anilines is 4. The molecule has 8 aromatic rings. The minimum atomic E-state index is -4.16. The van der Waals surface area contributed by atoms with Gasteiger partial charge in [0, 0.05) is 51.2 Å². The number of carbonyl (C=O) groups excluding carboxylic acids is 4. The molecule has 0 radical (unpaired) electrons. The molecule has 8 N–H and O–H groups in total. The average molecular weight is 1740 g/mol. The van der Waals surface area contributed by atoms with Crippen LogP contribution in [-0.2, 0) is 188 Å². The van der Waals surface area contributed by atoms with E-state index in [1.807, 2.05) is 6.92 Å². The normalized spacial score (nSPS) is 20.1. The zero-order valence-electron chi connectivity index (χ0n) is 67.9. The number of hydrogen-bond donors (Lipinski definition) is 8. The fourth-order valence-corrected chi connectivity index (χ4v) is 22.7. The summed E-state index contributed by atoms with van der Waals surface area (Å²) in [5.74, 6) is 0.455. The van der Waals surface area contributed by atoms with E-state index < -0.39 is 69.8 Å². The van der Waals surface area contributed by atoms with E-state index in [4.69, 9.17) is 37.9 Å². The maximum atomic E-state index is 12.9. The molecule has 4 atom stereocenters. The predicted octanol–water partition coefficient (Wildman–Crippen LogP) is 7.50. The van der Waals surface area contributed by atoms with Crippen molar-refractivity contribution in [2.75, 3.05) is 76.1 Å². The van der Waals surface area contributed by atoms with Crippen molar-refractivity contribution < 1.29 is 90.7 Å². The number of ether oxygens (including phenoxy) is 8. The van der Waals surface area contributed by atoms with Gasteiger partial charge in [0.1, 0.15) is 50.3 Å². The Labute approximate surface area is 700 Å². The van der Waals surface area contributed by atoms with Crippen LogP contribution in [0.4, 0.5) is 41.9 Å². The fraction of sp³-hybridized carbons (Fsp3) is 0.506. The average Bonchev–Trinajstić information content (AvgIpc) is 1.64. The lowest BCUT2D eigenvalue weighted by Gasteiger charge is -2.32. The molecular weight excluding hydrogens is 1650 g/mol. The van der Waals surface area contributed by atoms with E-state index in [2.05, 4.69) is 84.8 Å². The highest BCUT2D eigenvalue weighted by molar-refractivity contribution is 7.91. The molecule has 8 heterocycles. The van der Waals surface area contributed by atoms with Gasteiger partial charge in [-0.15, -0.1) is 0 Å². The molecular formula is C81H98N16O20S4. The number of rotatable bonds is 16. The van der Waals surface area contributed by atoms with Gasteiger partial charge in [-0.1, -0.05) is 24.3 Å². The number of nitrogens with one attached hydrogen (secondary N) is 8. The summed E-state index contributed by atoms with van der Waals surface area (Å²) in [7, 11) is -10.3. The van der Waals surface area contributed by atoms with Crippen LogP contribution < -0.4 is 59.1 Å². The van der Waals surface area contributed by atoms with Crippen LogP contribution in [-0.4, -0.2) is 176 Å². The van der Waals surface area contributed by atoms with Gasteiger partial charge >= 0.3 is 24.1 Å². The van der Waals surface area contributed by atoms with Gasteiger partial charge < -0.3 is 59.2 Å². The lowest BCUT2D eigenvalue weighted by Crippen LogP contribution is -2.44. The molecule has 0 bridgehead atoms. The van der Waals surface area contributed by atoms with Crippen molar-refractivity contribution in [3.05, 3.63) is 138 Å². The van der Waals surface area contributed by atoms with E-state index in [1.54, 1.807) is 28.4 Å². The summed E-state index contributed by atoms with van der Waals surface area (Å²) in [6.07, 6.45) is 27.8. The molecule has 646 valence electrons. The van der Waals surface area contributed by atoms with Gasteiger partial charge in [0.2, 0.25) is 23.5 Å². The molecule has 12 aliphatic rings. The van der Waals surface area contributed by atoms with E-state index in [9.17, 15) is 52.8 Å². The van der Waals surface area contributed by atoms with Gasteiger partial charge in [-0.3, -0.25) is 0 Å². The molecule has 0 saturated heterocycles. The third-order valence-electron chi connectivity index (χ3n) is 24.8. The van der Waals surface area contributed by atoms with Crippen LogP contribution >= 0.6 is 0 Å². The van der Waals surface area contributed by atoms with E-state index in [0.717, 1.165) is 221 Å². The number of carbonyl (C=O) groups is 4. The molecule has 40 heteroatoms. The molecule has 121 heavy (non-hydrogen) atoms. The Bertz CT molecular complexity index is 5430. The Hall–Kier alpha value is -10.4. The first-order chi connectivity index (χ1) is 58.2. The Morgan fingerprint density at radius 3 is 0.793 bits per heavy atom. The number of urea groups is 4. The Morgan fingerprint density at radius 1 is 0.347 bits per heavy atom. The molecule has 20 rings (SSSR count). The summed E-state index contributed by atoms with van der Waals surface area (Å²) in [4.78, 5) is 50.2. The minimum absolute atomic E-state index is 0.108. The third-order valence-corrected chi connectivity index (χ3v) is 30.0. The van der Waals surface area contributed by atoms with Crippen LogP contribution in [0, 0.1) is 0 Å². The molecule has 0 saturated carbocycles. The Kier molecular flexibility index (Phi) is 22.9. The van der Waals surface area contributed by atoms with Crippen molar-refractivity contribution >= 4 is 87.0 Å². The quantitative estimate of drug-likeness (QED) is 0.0464. The molecule has 4 aromatic heterocycles. The highest BCUT2D eigenvalue weighted by atomic mass is 32.2. The minimum Gasteiger partial charge on any atom is -0.474 e. The van der Waals surface area contributed by atoms with Crippen molar-refractivity contribution in [2.24, 2.45) is 0 Å². The van der Waals surface area contributed by atoms with Crippen molar-refractivity contribution in [1.82, 2.24) is 58.0 Å². The summed E-state index contributed by atoms with van der Waals surface area (Å²) in [6, 6.07) is 5.96. The zero-order chi connectivity index (χ0) is 84.4. The molecule has 2 unspecified atom stereocenters. The topological polar surface area (TPSA) is 446 Å². The Balaban J connectivity index is 0.000000115. The van der Waals surface area contributed by atoms with Gasteiger partial charge in [0.25, 0.3) is 40.1 Å². The van der Waals surface area contributed by atoms with Crippen LogP contribution in [0.1, 0.15) is 147 Å². The van der Waals surface area contributed by atoms with Gasteiger partial charge in [0.05, 0.1) is 51.0 Å². The molecule has 4 aromatic carbocycles. The van der Waals surface area contributed by atoms with Gasteiger partial charge in [-0.05, 0) is 250 Å². The van der Waals surface area contributed by atoms with Crippen LogP contribution in [0.3, 0.4) is 0 Å². The number of methoxy groups -OCH3 is 4. The van der Waals surface area contributed by atoms with E-state index in [0.29, 0.717) is 26.2 Å². The van der Waals surface area contributed by atoms with Gasteiger partial charge in [-0.25, -0.2) is 90.5 Å². The maximum absolute atomic E-state index is 12.9. The lowest BCUT2D eigenvalue weighted by atomic mass is 9.99. The number of aryl methyl sites for hydroxylation is 8. The first-order valence-electron chi connectivity index (χ1n) is 41.1. The summed E-state index contributed by atoms with van der Waals surface area (Å²) in [6.45, 7) is 4.21. The molecule has 4 aliphatic heterocycles. The number of sulfonamides is 4. The van der Waals surface area contributed by atoms with Crippen molar-refractivity contribution in [2.45, 2.75) is 231 Å². The molecule has 0 spiro atoms. The van der Waals surface area contributed by atoms with Crippen molar-refractivity contribution in [1.29, 1.82) is 0 Å². The van der Waals surface area contributed by atoms with E-state index >= 15 is 0 Å². The first kappa shape index (κ1) is 82.9. The maximum Gasteiger partial charge on any atom is 0.333 e. The Morgan fingerprint density at radius 2 is 0.570 bits per heavy atom. The SMILES string of the molecule is COC1(C)COc2c(S(=O)(=O)NC(=O)Nc3c4c(cc5c3CCC5)CCC4)cnn2C1.COC1COc2c(S(=O)(=O)NC(=O)Nc3c4c(cc5c3CCC5)CCC4)cnn2C1.CO[C@@H]1COc2c(S(=O)(=O)NC(=O)Nc3c4c(cc5c3CCC5)CCC4)cnn2C1.CO[C@H]1COc2c(S(=O)(=O)NC(=O)Nc3c4c(cc5c3CCC5)CCC4)cnn2C1. The van der Waals surface area contributed by atoms with Crippen LogP contribution in [0.2, 0.25) is 0 Å². The number of hydrogen-bond acceptors (Lipinski definition) is 24. The summed E-state index contributed by atoms with van der Waals surface area (Å²) >= 11 is 0. The van der Waals surface area contributed by atoms with Crippen molar-refractivity contribution in [3.8, 4) is 23.5 Å². The number of benzene rings is 4. The summed E-state index contributed by atoms with van der Waals surface area (Å²) < 4.78 is 161. The number of aromatic nitrogens is 8. The number of amides is 8. The highest BCUT2D eigenvalue weighted by Crippen LogP contribution is 2.44. The van der Waals surface area contributed by atoms with E-state index in [1.165, 1.54) is 88.0 Å². The standard InChI is InChI=1S/C21H26N4O5S.3C20H24N4O5S/c1-21(29-2)11-25-19(30-12-21)17(10-22-25)31(27,28)24-20(26)23-18-15-7-3-5-13(15)9-14-6-4-8-16(14)18;3*1-28-14-10-24-19(29-11-14)17(9-21-24)30(26,27)23-20(25)22-18-15-6-2-4-12(15)8-13-5-3-7-16(13)18/h9-10H,3-8,11-12H2,1-2H3,(H2,23,24,26);3*8-9,14H,2-7,10-11H2,1H3,(H2,22,23,25)/t;2*14-;/m.10./s1. The van der Waals surface area contributed by atoms with Crippen LogP contribution in [0.25, 0.3) is 0 Å². The number of nitrogens with zero attached hydrogens (tertiary/aromatic N) is 8. The molecule has 36 nitrogen and oxygen atoms in total. The van der Waals surface area contributed by atoms with E-state index in [-0.39, 0.29) is 87.8 Å². The van der Waals surface area contributed by atoms with Crippen LogP contribution in [0.15, 0.2) is 68.6 Å². The monoisotopic (exact) mass is 1740 g/mol. The second-order valence-electron chi connectivity index (χ2n) is 32.6. The van der Waals surface area contributed by atoms with Crippen molar-refractivity contribution in [3.63, 3.8) is 0 Å². The first-order valence-corrected chi connectivity index (χ1v) is 47.0. The van der Waals surface area contributed by atoms with Gasteiger partial charge in [-0.2, -0.15) is 20.4 Å². The molecule has 8 aliphatic carbocycles. The number of fused-ring (bicyclic) bond motifs is 12. The summed E-state index contributed by atoms with van der Waals surface area (Å²) in [5.41, 5.74) is 21.8. The fourth-order valence-electron chi connectivity index (χ4n) is 18.8. The smallest absolute Gasteiger partial charge is 0.333 e. The predicted molar refractivity (Wildman–Crippen MR) is 438 cm³/mol. The third kappa shape index (κ3) is 16.6.